The van der Waals surface area contributed by atoms with Gasteiger partial charge in [0, 0.05) is 6.04 Å². The first-order chi connectivity index (χ1) is 5.83. The zero-order valence-corrected chi connectivity index (χ0v) is 9.56. The second-order valence-corrected chi connectivity index (χ2v) is 6.38. The molecular weight excluding hydrogens is 186 g/mol. The third-order valence-corrected chi connectivity index (χ3v) is 4.22. The second-order valence-electron chi connectivity index (χ2n) is 4.58. The molecule has 1 saturated heterocycles. The molecule has 0 radical (unpaired) electrons. The predicted octanol–water partition coefficient (Wildman–Crippen LogP) is 1.22. The number of rotatable bonds is 2. The van der Waals surface area contributed by atoms with E-state index in [0.29, 0.717) is 17.6 Å². The lowest BCUT2D eigenvalue weighted by atomic mass is 9.85. The van der Waals surface area contributed by atoms with Crippen LogP contribution < -0.4 is 4.72 Å². The summed E-state index contributed by atoms with van der Waals surface area (Å²) in [6.45, 7) is 8.30. The molecule has 1 N–H and O–H groups in total. The quantitative estimate of drug-likeness (QED) is 0.736. The Hall–Kier alpha value is -0.0900. The van der Waals surface area contributed by atoms with Crippen molar-refractivity contribution in [1.29, 1.82) is 0 Å². The van der Waals surface area contributed by atoms with Crippen molar-refractivity contribution in [1.82, 2.24) is 4.72 Å². The smallest absolute Gasteiger partial charge is 0.212 e. The fraction of sp³-hybridized carbons (Fsp3) is 1.00. The first-order valence-corrected chi connectivity index (χ1v) is 6.48. The maximum atomic E-state index is 11.3. The topological polar surface area (TPSA) is 46.2 Å². The Balaban J connectivity index is 2.84. The average Bonchev–Trinajstić information content (AvgIpc) is 2.26. The summed E-state index contributed by atoms with van der Waals surface area (Å²) in [5.74, 6) is 1.37. The zero-order valence-electron chi connectivity index (χ0n) is 8.74. The maximum absolute atomic E-state index is 11.3. The Labute approximate surface area is 81.0 Å². The van der Waals surface area contributed by atoms with Gasteiger partial charge in [-0.15, -0.1) is 0 Å². The highest BCUT2D eigenvalue weighted by atomic mass is 32.2. The van der Waals surface area contributed by atoms with Gasteiger partial charge in [0.1, 0.15) is 0 Å². The van der Waals surface area contributed by atoms with Crippen LogP contribution in [-0.4, -0.2) is 20.2 Å². The third kappa shape index (κ3) is 2.44. The Morgan fingerprint density at radius 1 is 1.15 bits per heavy atom. The second kappa shape index (κ2) is 3.58. The Bertz CT molecular complexity index is 247. The molecule has 0 aromatic rings. The maximum Gasteiger partial charge on any atom is 0.212 e. The van der Waals surface area contributed by atoms with Gasteiger partial charge in [0.15, 0.2) is 0 Å². The Morgan fingerprint density at radius 3 is 2.00 bits per heavy atom. The summed E-state index contributed by atoms with van der Waals surface area (Å²) < 4.78 is 25.4. The molecule has 0 amide bonds. The van der Waals surface area contributed by atoms with E-state index in [1.807, 2.05) is 0 Å². The minimum atomic E-state index is -2.98. The molecule has 1 fully saturated rings. The first-order valence-electron chi connectivity index (χ1n) is 4.83. The summed E-state index contributed by atoms with van der Waals surface area (Å²) in [6, 6.07) is 0.130. The highest BCUT2D eigenvalue weighted by Gasteiger charge is 2.39. The van der Waals surface area contributed by atoms with Crippen molar-refractivity contribution in [2.45, 2.75) is 33.7 Å². The summed E-state index contributed by atoms with van der Waals surface area (Å²) in [5.41, 5.74) is 0. The van der Waals surface area contributed by atoms with E-state index >= 15 is 0 Å². The van der Waals surface area contributed by atoms with Crippen molar-refractivity contribution >= 4 is 10.0 Å². The van der Waals surface area contributed by atoms with Crippen LogP contribution in [0.1, 0.15) is 27.7 Å². The molecule has 1 rings (SSSR count). The summed E-state index contributed by atoms with van der Waals surface area (Å²) >= 11 is 0. The van der Waals surface area contributed by atoms with Gasteiger partial charge in [0.05, 0.1) is 5.75 Å². The molecule has 1 aliphatic heterocycles. The summed E-state index contributed by atoms with van der Waals surface area (Å²) in [7, 11) is -2.98. The van der Waals surface area contributed by atoms with E-state index in [9.17, 15) is 8.42 Å². The van der Waals surface area contributed by atoms with Crippen molar-refractivity contribution in [3.05, 3.63) is 0 Å². The van der Waals surface area contributed by atoms with Crippen LogP contribution >= 0.6 is 0 Å². The van der Waals surface area contributed by atoms with Gasteiger partial charge in [-0.2, -0.15) is 0 Å². The van der Waals surface area contributed by atoms with Crippen LogP contribution in [0.5, 0.6) is 0 Å². The Kier molecular flexibility index (Phi) is 3.02. The fourth-order valence-electron chi connectivity index (χ4n) is 1.94. The molecule has 0 spiro atoms. The monoisotopic (exact) mass is 205 g/mol. The lowest BCUT2D eigenvalue weighted by Crippen LogP contribution is -2.35. The van der Waals surface area contributed by atoms with Gasteiger partial charge in [-0.3, -0.25) is 0 Å². The zero-order chi connectivity index (χ0) is 10.2. The number of hydrogen-bond donors (Lipinski definition) is 1. The van der Waals surface area contributed by atoms with Crippen molar-refractivity contribution in [3.8, 4) is 0 Å². The van der Waals surface area contributed by atoms with Gasteiger partial charge in [-0.1, -0.05) is 27.7 Å². The van der Waals surface area contributed by atoms with Crippen LogP contribution in [-0.2, 0) is 10.0 Å². The average molecular weight is 205 g/mol. The van der Waals surface area contributed by atoms with Crippen LogP contribution in [0.15, 0.2) is 0 Å². The van der Waals surface area contributed by atoms with E-state index in [1.165, 1.54) is 0 Å². The summed E-state index contributed by atoms with van der Waals surface area (Å²) in [4.78, 5) is 0. The van der Waals surface area contributed by atoms with Crippen molar-refractivity contribution in [2.24, 2.45) is 17.8 Å². The highest BCUT2D eigenvalue weighted by molar-refractivity contribution is 7.89. The first kappa shape index (κ1) is 11.0. The van der Waals surface area contributed by atoms with Crippen LogP contribution in [0.3, 0.4) is 0 Å². The summed E-state index contributed by atoms with van der Waals surface area (Å²) in [6.07, 6.45) is 0. The standard InChI is InChI=1S/C9H19NO2S/c1-6(2)8-5-13(11,12)10-9(8)7(3)4/h6-10H,5H2,1-4H3/t8-,9+/m0/s1. The van der Waals surface area contributed by atoms with Gasteiger partial charge in [0.25, 0.3) is 0 Å². The van der Waals surface area contributed by atoms with E-state index in [2.05, 4.69) is 32.4 Å². The lowest BCUT2D eigenvalue weighted by Gasteiger charge is -2.24. The van der Waals surface area contributed by atoms with Gasteiger partial charge in [-0.05, 0) is 17.8 Å². The van der Waals surface area contributed by atoms with Gasteiger partial charge in [-0.25, -0.2) is 13.1 Å². The van der Waals surface area contributed by atoms with Crippen LogP contribution in [0.25, 0.3) is 0 Å². The lowest BCUT2D eigenvalue weighted by molar-refractivity contribution is 0.297. The van der Waals surface area contributed by atoms with Gasteiger partial charge in [0.2, 0.25) is 10.0 Å². The normalized spacial score (nSPS) is 33.1. The molecule has 0 aliphatic carbocycles. The highest BCUT2D eigenvalue weighted by Crippen LogP contribution is 2.28. The fourth-order valence-corrected chi connectivity index (χ4v) is 3.99. The van der Waals surface area contributed by atoms with E-state index in [1.54, 1.807) is 0 Å². The molecule has 0 aromatic heterocycles. The molecule has 3 nitrogen and oxygen atoms in total. The SMILES string of the molecule is CC(C)[C@H]1NS(=O)(=O)C[C@H]1C(C)C. The minimum Gasteiger partial charge on any atom is -0.212 e. The van der Waals surface area contributed by atoms with Crippen molar-refractivity contribution in [3.63, 3.8) is 0 Å². The van der Waals surface area contributed by atoms with Crippen molar-refractivity contribution < 1.29 is 8.42 Å². The number of nitrogens with one attached hydrogen (secondary N) is 1. The number of sulfonamides is 1. The molecule has 0 bridgehead atoms. The van der Waals surface area contributed by atoms with E-state index in [4.69, 9.17) is 0 Å². The van der Waals surface area contributed by atoms with Crippen LogP contribution in [0, 0.1) is 17.8 Å². The number of hydrogen-bond acceptors (Lipinski definition) is 2. The largest absolute Gasteiger partial charge is 0.212 e. The third-order valence-electron chi connectivity index (χ3n) is 2.76. The summed E-state index contributed by atoms with van der Waals surface area (Å²) in [5, 5.41) is 0. The molecule has 0 aromatic carbocycles. The van der Waals surface area contributed by atoms with Gasteiger partial charge < -0.3 is 0 Å². The molecule has 13 heavy (non-hydrogen) atoms. The molecule has 2 atom stereocenters. The molecule has 1 heterocycles. The van der Waals surface area contributed by atoms with Crippen molar-refractivity contribution in [2.75, 3.05) is 5.75 Å². The van der Waals surface area contributed by atoms with Gasteiger partial charge >= 0.3 is 0 Å². The van der Waals surface area contributed by atoms with Crippen LogP contribution in [0.2, 0.25) is 0 Å². The molecule has 0 saturated carbocycles. The molecule has 1 aliphatic rings. The van der Waals surface area contributed by atoms with E-state index in [-0.39, 0.29) is 12.0 Å². The predicted molar refractivity (Wildman–Crippen MR) is 53.9 cm³/mol. The molecule has 0 unspecified atom stereocenters. The minimum absolute atomic E-state index is 0.130. The molecule has 4 heteroatoms. The molecular formula is C9H19NO2S. The van der Waals surface area contributed by atoms with E-state index < -0.39 is 10.0 Å². The molecule has 78 valence electrons. The van der Waals surface area contributed by atoms with E-state index in [0.717, 1.165) is 0 Å². The van der Waals surface area contributed by atoms with Crippen LogP contribution in [0.4, 0.5) is 0 Å². The Morgan fingerprint density at radius 2 is 1.69 bits per heavy atom.